The van der Waals surface area contributed by atoms with Crippen molar-refractivity contribution in [3.8, 4) is 11.5 Å². The molecule has 3 fully saturated rings. The smallest absolute Gasteiger partial charge is 0.305 e. The van der Waals surface area contributed by atoms with Gasteiger partial charge in [0.15, 0.2) is 6.61 Å². The van der Waals surface area contributed by atoms with Crippen molar-refractivity contribution in [2.75, 3.05) is 23.9 Å². The molecule has 0 unspecified atom stereocenters. The molecule has 1 saturated heterocycles. The van der Waals surface area contributed by atoms with E-state index in [-0.39, 0.29) is 64.0 Å². The standard InChI is InChI=1S/C34H29N3O6S2/c1-42-19-13-11-18(12-14-19)37-32(39)27-21-15-22(28(27)33(37)40)29-26(21)25(30-31(44-29)36-34(41)45-30)20-9-5-6-10-23(20)43-16-24(38)35-17-7-3-2-4-8-17/h2-14,21-22,25-29H,15-16H2,1H3,(H,35,38)(H,36,41)/t21-,22-,25+,26-,27+,28+,29-/m1/s1. The van der Waals surface area contributed by atoms with E-state index in [1.165, 1.54) is 16.2 Å². The Morgan fingerprint density at radius 2 is 1.64 bits per heavy atom. The number of ether oxygens (including phenoxy) is 2. The minimum Gasteiger partial charge on any atom is -0.497 e. The monoisotopic (exact) mass is 639 g/mol. The van der Waals surface area contributed by atoms with Crippen LogP contribution in [-0.2, 0) is 14.4 Å². The summed E-state index contributed by atoms with van der Waals surface area (Å²) in [5.41, 5.74) is 2.12. The van der Waals surface area contributed by atoms with E-state index >= 15 is 0 Å². The van der Waals surface area contributed by atoms with E-state index in [1.54, 1.807) is 43.1 Å². The summed E-state index contributed by atoms with van der Waals surface area (Å²) in [5.74, 6) is -0.422. The van der Waals surface area contributed by atoms with Crippen LogP contribution in [0.15, 0.2) is 88.7 Å². The lowest BCUT2D eigenvalue weighted by Gasteiger charge is -2.43. The average Bonchev–Trinajstić information content (AvgIpc) is 3.79. The number of imide groups is 1. The second-order valence-electron chi connectivity index (χ2n) is 11.9. The Kier molecular flexibility index (Phi) is 6.83. The molecule has 9 nitrogen and oxygen atoms in total. The number of amides is 3. The number of H-pyrrole nitrogens is 1. The Hall–Kier alpha value is -4.35. The van der Waals surface area contributed by atoms with Crippen molar-refractivity contribution in [1.29, 1.82) is 0 Å². The van der Waals surface area contributed by atoms with Crippen LogP contribution in [0, 0.1) is 29.6 Å². The molecular formula is C34H29N3O6S2. The number of rotatable bonds is 7. The molecule has 7 atom stereocenters. The number of nitrogens with zero attached hydrogens (tertiary/aromatic N) is 1. The largest absolute Gasteiger partial charge is 0.497 e. The van der Waals surface area contributed by atoms with Crippen LogP contribution < -0.4 is 24.6 Å². The molecule has 0 radical (unpaired) electrons. The van der Waals surface area contributed by atoms with Gasteiger partial charge in [0.25, 0.3) is 5.91 Å². The van der Waals surface area contributed by atoms with Gasteiger partial charge < -0.3 is 19.8 Å². The van der Waals surface area contributed by atoms with Gasteiger partial charge in [-0.2, -0.15) is 0 Å². The third-order valence-electron chi connectivity index (χ3n) is 9.72. The lowest BCUT2D eigenvalue weighted by Crippen LogP contribution is -2.42. The van der Waals surface area contributed by atoms with Gasteiger partial charge in [-0.05, 0) is 66.6 Å². The normalized spacial score (nSPS) is 27.6. The van der Waals surface area contributed by atoms with Gasteiger partial charge in [-0.3, -0.25) is 24.1 Å². The fourth-order valence-corrected chi connectivity index (χ4v) is 11.0. The lowest BCUT2D eigenvalue weighted by molar-refractivity contribution is -0.123. The third kappa shape index (κ3) is 4.51. The zero-order chi connectivity index (χ0) is 30.8. The number of aromatic nitrogens is 1. The summed E-state index contributed by atoms with van der Waals surface area (Å²) < 4.78 is 11.4. The summed E-state index contributed by atoms with van der Waals surface area (Å²) in [6.07, 6.45) is 0.782. The van der Waals surface area contributed by atoms with E-state index in [0.717, 1.165) is 21.9 Å². The second kappa shape index (κ2) is 10.9. The van der Waals surface area contributed by atoms with E-state index in [2.05, 4.69) is 10.3 Å². The van der Waals surface area contributed by atoms with Crippen molar-refractivity contribution in [3.63, 3.8) is 0 Å². The SMILES string of the molecule is COc1ccc(N2C(=O)[C@H]3[C@H]4C[C@@H]([C@@H]3C2=O)[C@@H]2[C@H](c3ccccc3OCC(=O)Nc3ccccc3)c3sc(=O)[nH]c3S[C@H]42)cc1. The number of carbonyl (C=O) groups is 3. The van der Waals surface area contributed by atoms with Gasteiger partial charge in [-0.25, -0.2) is 0 Å². The van der Waals surface area contributed by atoms with Crippen LogP contribution in [0.5, 0.6) is 11.5 Å². The molecule has 2 bridgehead atoms. The molecule has 11 heteroatoms. The molecule has 3 amide bonds. The van der Waals surface area contributed by atoms with E-state index in [1.807, 2.05) is 54.6 Å². The van der Waals surface area contributed by atoms with Crippen LogP contribution in [0.2, 0.25) is 0 Å². The zero-order valence-electron chi connectivity index (χ0n) is 24.2. The number of hydrogen-bond acceptors (Lipinski definition) is 8. The van der Waals surface area contributed by atoms with Crippen molar-refractivity contribution >= 4 is 52.2 Å². The molecule has 1 aromatic heterocycles. The van der Waals surface area contributed by atoms with Gasteiger partial charge in [0.1, 0.15) is 11.5 Å². The first-order valence-electron chi connectivity index (χ1n) is 14.9. The van der Waals surface area contributed by atoms with Gasteiger partial charge in [-0.1, -0.05) is 47.7 Å². The maximum Gasteiger partial charge on any atom is 0.305 e. The molecular weight excluding hydrogens is 611 g/mol. The number of anilines is 2. The molecule has 228 valence electrons. The van der Waals surface area contributed by atoms with Crippen molar-refractivity contribution in [3.05, 3.63) is 99.0 Å². The van der Waals surface area contributed by atoms with Crippen LogP contribution in [-0.4, -0.2) is 41.7 Å². The maximum atomic E-state index is 14.0. The number of methoxy groups -OCH3 is 1. The van der Waals surface area contributed by atoms with E-state index in [4.69, 9.17) is 9.47 Å². The van der Waals surface area contributed by atoms with Gasteiger partial charge >= 0.3 is 4.87 Å². The molecule has 3 heterocycles. The minimum absolute atomic E-state index is 0.00141. The minimum atomic E-state index is -0.420. The molecule has 45 heavy (non-hydrogen) atoms. The highest BCUT2D eigenvalue weighted by molar-refractivity contribution is 8.00. The van der Waals surface area contributed by atoms with E-state index < -0.39 is 5.92 Å². The Labute approximate surface area is 266 Å². The topological polar surface area (TPSA) is 118 Å². The summed E-state index contributed by atoms with van der Waals surface area (Å²) in [6.45, 7) is -0.182. The Morgan fingerprint density at radius 1 is 0.933 bits per heavy atom. The molecule has 4 aromatic rings. The van der Waals surface area contributed by atoms with Gasteiger partial charge in [0, 0.05) is 27.3 Å². The molecule has 4 aliphatic rings. The number of fused-ring (bicyclic) bond motifs is 9. The van der Waals surface area contributed by atoms with Crippen molar-refractivity contribution < 1.29 is 23.9 Å². The molecule has 3 aromatic carbocycles. The second-order valence-corrected chi connectivity index (χ2v) is 14.1. The highest BCUT2D eigenvalue weighted by atomic mass is 32.2. The number of hydrogen-bond donors (Lipinski definition) is 2. The predicted molar refractivity (Wildman–Crippen MR) is 171 cm³/mol. The predicted octanol–water partition coefficient (Wildman–Crippen LogP) is 5.14. The number of carbonyl (C=O) groups excluding carboxylic acids is 3. The fourth-order valence-electron chi connectivity index (χ4n) is 8.08. The van der Waals surface area contributed by atoms with E-state index in [0.29, 0.717) is 22.9 Å². The maximum absolute atomic E-state index is 14.0. The number of aromatic amines is 1. The van der Waals surface area contributed by atoms with Crippen molar-refractivity contribution in [1.82, 2.24) is 4.98 Å². The van der Waals surface area contributed by atoms with Crippen LogP contribution in [0.25, 0.3) is 0 Å². The summed E-state index contributed by atoms with van der Waals surface area (Å²) in [4.78, 5) is 58.6. The quantitative estimate of drug-likeness (QED) is 0.269. The summed E-state index contributed by atoms with van der Waals surface area (Å²) in [5, 5.41) is 3.72. The fraction of sp³-hybridized carbons (Fsp3) is 0.294. The molecule has 2 saturated carbocycles. The molecule has 2 aliphatic carbocycles. The van der Waals surface area contributed by atoms with Gasteiger partial charge in [0.05, 0.1) is 29.7 Å². The van der Waals surface area contributed by atoms with Gasteiger partial charge in [0.2, 0.25) is 11.8 Å². The average molecular weight is 640 g/mol. The molecule has 8 rings (SSSR count). The molecule has 0 spiro atoms. The van der Waals surface area contributed by atoms with Crippen LogP contribution in [0.1, 0.15) is 22.8 Å². The molecule has 2 N–H and O–H groups in total. The first-order valence-corrected chi connectivity index (χ1v) is 16.6. The first-order chi connectivity index (χ1) is 21.9. The van der Waals surface area contributed by atoms with Gasteiger partial charge in [-0.15, -0.1) is 11.8 Å². The zero-order valence-corrected chi connectivity index (χ0v) is 25.8. The third-order valence-corrected chi connectivity index (χ3v) is 12.3. The Morgan fingerprint density at radius 3 is 2.40 bits per heavy atom. The van der Waals surface area contributed by atoms with E-state index in [9.17, 15) is 19.2 Å². The number of para-hydroxylation sites is 2. The van der Waals surface area contributed by atoms with Crippen molar-refractivity contribution in [2.24, 2.45) is 29.6 Å². The summed E-state index contributed by atoms with van der Waals surface area (Å²) in [6, 6.07) is 23.9. The van der Waals surface area contributed by atoms with Crippen molar-refractivity contribution in [2.45, 2.75) is 22.6 Å². The summed E-state index contributed by atoms with van der Waals surface area (Å²) in [7, 11) is 1.58. The lowest BCUT2D eigenvalue weighted by atomic mass is 9.68. The highest BCUT2D eigenvalue weighted by Crippen LogP contribution is 2.69. The Balaban J connectivity index is 1.13. The highest BCUT2D eigenvalue weighted by Gasteiger charge is 2.69. The van der Waals surface area contributed by atoms with Crippen LogP contribution in [0.3, 0.4) is 0 Å². The number of nitrogens with one attached hydrogen (secondary N) is 2. The summed E-state index contributed by atoms with van der Waals surface area (Å²) >= 11 is 2.83. The number of thiazole rings is 1. The van der Waals surface area contributed by atoms with Crippen LogP contribution in [0.4, 0.5) is 11.4 Å². The Bertz CT molecular complexity index is 1870. The number of benzene rings is 3. The van der Waals surface area contributed by atoms with Crippen LogP contribution >= 0.6 is 23.1 Å². The molecule has 2 aliphatic heterocycles. The first kappa shape index (κ1) is 28.1. The number of thioether (sulfide) groups is 1.